The Morgan fingerprint density at radius 2 is 2.10 bits per heavy atom. The first-order chi connectivity index (χ1) is 9.86. The average molecular weight is 292 g/mol. The summed E-state index contributed by atoms with van der Waals surface area (Å²) < 4.78 is 0. The summed E-state index contributed by atoms with van der Waals surface area (Å²) in [5, 5.41) is 3.56. The molecule has 4 nitrogen and oxygen atoms in total. The smallest absolute Gasteiger partial charge is 0.222 e. The minimum absolute atomic E-state index is 0.527. The van der Waals surface area contributed by atoms with Crippen LogP contribution in [0, 0.1) is 11.8 Å². The predicted octanol–water partition coefficient (Wildman–Crippen LogP) is 2.35. The first kappa shape index (κ1) is 14.1. The number of likely N-dealkylation sites (tertiary alicyclic amines) is 1. The fourth-order valence-corrected chi connectivity index (χ4v) is 3.64. The third-order valence-electron chi connectivity index (χ3n) is 4.37. The van der Waals surface area contributed by atoms with Gasteiger partial charge in [0.25, 0.3) is 0 Å². The first-order valence-electron chi connectivity index (χ1n) is 7.61. The van der Waals surface area contributed by atoms with Gasteiger partial charge in [-0.3, -0.25) is 0 Å². The lowest BCUT2D eigenvalue weighted by atomic mass is 9.98. The van der Waals surface area contributed by atoms with Gasteiger partial charge in [0.05, 0.1) is 0 Å². The van der Waals surface area contributed by atoms with E-state index in [0.717, 1.165) is 24.3 Å². The summed E-state index contributed by atoms with van der Waals surface area (Å²) in [6.45, 7) is 3.63. The summed E-state index contributed by atoms with van der Waals surface area (Å²) >= 11 is 1.95. The molecule has 1 aliphatic heterocycles. The molecule has 0 spiro atoms. The number of anilines is 1. The molecule has 1 saturated heterocycles. The summed E-state index contributed by atoms with van der Waals surface area (Å²) in [7, 11) is 0. The van der Waals surface area contributed by atoms with Crippen LogP contribution in [0.15, 0.2) is 18.5 Å². The van der Waals surface area contributed by atoms with Gasteiger partial charge < -0.3 is 10.2 Å². The van der Waals surface area contributed by atoms with Gasteiger partial charge in [0.1, 0.15) is 0 Å². The van der Waals surface area contributed by atoms with Crippen molar-refractivity contribution in [3.63, 3.8) is 0 Å². The molecule has 0 amide bonds. The molecule has 3 rings (SSSR count). The normalized spacial score (nSPS) is 26.9. The SMILES string of the molecule is CSCCCN1C[C@@H](Nc2ncccn2)[C@H](C2CC2)C1. The number of hydrogen-bond donors (Lipinski definition) is 1. The van der Waals surface area contributed by atoms with E-state index in [1.807, 2.05) is 30.2 Å². The molecule has 0 aromatic carbocycles. The van der Waals surface area contributed by atoms with E-state index < -0.39 is 0 Å². The van der Waals surface area contributed by atoms with Gasteiger partial charge in [-0.05, 0) is 55.7 Å². The quantitative estimate of drug-likeness (QED) is 0.781. The van der Waals surface area contributed by atoms with E-state index in [1.54, 1.807) is 0 Å². The van der Waals surface area contributed by atoms with Crippen molar-refractivity contribution in [1.82, 2.24) is 14.9 Å². The second-order valence-corrected chi connectivity index (χ2v) is 6.92. The topological polar surface area (TPSA) is 41.0 Å². The molecule has 2 heterocycles. The van der Waals surface area contributed by atoms with Crippen molar-refractivity contribution < 1.29 is 0 Å². The van der Waals surface area contributed by atoms with Gasteiger partial charge in [-0.25, -0.2) is 9.97 Å². The number of aromatic nitrogens is 2. The van der Waals surface area contributed by atoms with Crippen molar-refractivity contribution in [2.24, 2.45) is 11.8 Å². The highest BCUT2D eigenvalue weighted by Gasteiger charge is 2.42. The second kappa shape index (κ2) is 6.76. The van der Waals surface area contributed by atoms with Crippen LogP contribution >= 0.6 is 11.8 Å². The molecule has 1 aliphatic carbocycles. The molecule has 2 fully saturated rings. The molecule has 110 valence electrons. The maximum atomic E-state index is 4.31. The summed E-state index contributed by atoms with van der Waals surface area (Å²) in [5.41, 5.74) is 0. The first-order valence-corrected chi connectivity index (χ1v) is 9.01. The maximum Gasteiger partial charge on any atom is 0.222 e. The van der Waals surface area contributed by atoms with Gasteiger partial charge in [-0.15, -0.1) is 0 Å². The zero-order valence-corrected chi connectivity index (χ0v) is 13.0. The highest BCUT2D eigenvalue weighted by atomic mass is 32.2. The van der Waals surface area contributed by atoms with Gasteiger partial charge in [-0.1, -0.05) is 0 Å². The Labute approximate surface area is 125 Å². The van der Waals surface area contributed by atoms with Crippen LogP contribution in [-0.4, -0.2) is 52.6 Å². The summed E-state index contributed by atoms with van der Waals surface area (Å²) in [4.78, 5) is 11.3. The van der Waals surface area contributed by atoms with Crippen molar-refractivity contribution in [1.29, 1.82) is 0 Å². The van der Waals surface area contributed by atoms with Gasteiger partial charge in [-0.2, -0.15) is 11.8 Å². The second-order valence-electron chi connectivity index (χ2n) is 5.93. The highest BCUT2D eigenvalue weighted by Crippen LogP contribution is 2.42. The van der Waals surface area contributed by atoms with Gasteiger partial charge in [0, 0.05) is 31.5 Å². The van der Waals surface area contributed by atoms with E-state index in [-0.39, 0.29) is 0 Å². The summed E-state index contributed by atoms with van der Waals surface area (Å²) in [6.07, 6.45) is 9.94. The van der Waals surface area contributed by atoms with Gasteiger partial charge >= 0.3 is 0 Å². The van der Waals surface area contributed by atoms with Crippen LogP contribution in [0.2, 0.25) is 0 Å². The average Bonchev–Trinajstić information content (AvgIpc) is 3.24. The van der Waals surface area contributed by atoms with E-state index >= 15 is 0 Å². The molecule has 1 saturated carbocycles. The molecule has 1 N–H and O–H groups in total. The van der Waals surface area contributed by atoms with Crippen LogP contribution < -0.4 is 5.32 Å². The molecule has 0 unspecified atom stereocenters. The monoisotopic (exact) mass is 292 g/mol. The van der Waals surface area contributed by atoms with E-state index in [9.17, 15) is 0 Å². The molecule has 1 aromatic heterocycles. The number of nitrogens with one attached hydrogen (secondary N) is 1. The predicted molar refractivity (Wildman–Crippen MR) is 85.1 cm³/mol. The van der Waals surface area contributed by atoms with Crippen molar-refractivity contribution in [3.05, 3.63) is 18.5 Å². The Bertz CT molecular complexity index is 410. The van der Waals surface area contributed by atoms with Crippen LogP contribution in [0.3, 0.4) is 0 Å². The summed E-state index contributed by atoms with van der Waals surface area (Å²) in [5.74, 6) is 3.77. The van der Waals surface area contributed by atoms with Crippen LogP contribution in [-0.2, 0) is 0 Å². The van der Waals surface area contributed by atoms with Gasteiger partial charge in [0.15, 0.2) is 0 Å². The summed E-state index contributed by atoms with van der Waals surface area (Å²) in [6, 6.07) is 2.39. The van der Waals surface area contributed by atoms with E-state index in [0.29, 0.717) is 6.04 Å². The van der Waals surface area contributed by atoms with Crippen molar-refractivity contribution in [3.8, 4) is 0 Å². The lowest BCUT2D eigenvalue weighted by Gasteiger charge is -2.19. The highest BCUT2D eigenvalue weighted by molar-refractivity contribution is 7.98. The standard InChI is InChI=1S/C15H24N4S/c1-20-9-3-8-19-10-13(12-4-5-12)14(11-19)18-15-16-6-2-7-17-15/h2,6-7,12-14H,3-5,8-11H2,1H3,(H,16,17,18)/t13-,14+/m0/s1. The van der Waals surface area contributed by atoms with Crippen LogP contribution in [0.1, 0.15) is 19.3 Å². The van der Waals surface area contributed by atoms with Gasteiger partial charge in [0.2, 0.25) is 5.95 Å². The van der Waals surface area contributed by atoms with Crippen molar-refractivity contribution in [2.45, 2.75) is 25.3 Å². The molecule has 2 aliphatic rings. The molecule has 0 radical (unpaired) electrons. The van der Waals surface area contributed by atoms with Crippen LogP contribution in [0.25, 0.3) is 0 Å². The number of thioether (sulfide) groups is 1. The maximum absolute atomic E-state index is 4.31. The Morgan fingerprint density at radius 3 is 2.80 bits per heavy atom. The fraction of sp³-hybridized carbons (Fsp3) is 0.733. The van der Waals surface area contributed by atoms with Crippen molar-refractivity contribution >= 4 is 17.7 Å². The third kappa shape index (κ3) is 3.64. The minimum Gasteiger partial charge on any atom is -0.350 e. The van der Waals surface area contributed by atoms with E-state index in [2.05, 4.69) is 26.4 Å². The van der Waals surface area contributed by atoms with Crippen LogP contribution in [0.5, 0.6) is 0 Å². The Kier molecular flexibility index (Phi) is 4.78. The Balaban J connectivity index is 1.57. The molecule has 0 bridgehead atoms. The molecule has 20 heavy (non-hydrogen) atoms. The zero-order valence-electron chi connectivity index (χ0n) is 12.2. The minimum atomic E-state index is 0.527. The lowest BCUT2D eigenvalue weighted by Crippen LogP contribution is -2.30. The molecular formula is C15H24N4S. The van der Waals surface area contributed by atoms with Crippen molar-refractivity contribution in [2.75, 3.05) is 37.0 Å². The fourth-order valence-electron chi connectivity index (χ4n) is 3.22. The Hall–Kier alpha value is -0.810. The third-order valence-corrected chi connectivity index (χ3v) is 5.07. The zero-order chi connectivity index (χ0) is 13.8. The number of hydrogen-bond acceptors (Lipinski definition) is 5. The number of rotatable bonds is 7. The molecule has 1 aromatic rings. The molecule has 2 atom stereocenters. The van der Waals surface area contributed by atoms with Crippen LogP contribution in [0.4, 0.5) is 5.95 Å². The lowest BCUT2D eigenvalue weighted by molar-refractivity contribution is 0.319. The van der Waals surface area contributed by atoms with E-state index in [4.69, 9.17) is 0 Å². The largest absolute Gasteiger partial charge is 0.350 e. The number of nitrogens with zero attached hydrogens (tertiary/aromatic N) is 3. The molecular weight excluding hydrogens is 268 g/mol. The molecule has 5 heteroatoms. The van der Waals surface area contributed by atoms with E-state index in [1.165, 1.54) is 38.1 Å². The Morgan fingerprint density at radius 1 is 1.30 bits per heavy atom.